The molecule has 0 saturated heterocycles. The predicted molar refractivity (Wildman–Crippen MR) is 82.8 cm³/mol. The smallest absolute Gasteiger partial charge is 0.247 e. The summed E-state index contributed by atoms with van der Waals surface area (Å²) >= 11 is 15.5. The van der Waals surface area contributed by atoms with Gasteiger partial charge in [-0.05, 0) is 23.8 Å². The molecule has 0 spiro atoms. The summed E-state index contributed by atoms with van der Waals surface area (Å²) in [5, 5.41) is 2.42. The first kappa shape index (κ1) is 14.4. The Bertz CT molecular complexity index is 589. The monoisotopic (exact) mass is 357 g/mol. The van der Waals surface area contributed by atoms with Gasteiger partial charge in [-0.3, -0.25) is 4.79 Å². The molecule has 1 amide bonds. The number of alkyl halides is 1. The van der Waals surface area contributed by atoms with Crippen molar-refractivity contribution in [2.75, 3.05) is 5.32 Å². The van der Waals surface area contributed by atoms with Gasteiger partial charge in [-0.15, -0.1) is 11.6 Å². The number of carbonyl (C=O) groups excluding carboxylic acids is 1. The molecular formula is C14H10BrCl2NO. The van der Waals surface area contributed by atoms with Gasteiger partial charge in [0.2, 0.25) is 5.91 Å². The van der Waals surface area contributed by atoms with Gasteiger partial charge < -0.3 is 5.32 Å². The minimum absolute atomic E-state index is 0.308. The summed E-state index contributed by atoms with van der Waals surface area (Å²) < 4.78 is 0.848. The van der Waals surface area contributed by atoms with Crippen LogP contribution in [0.2, 0.25) is 5.02 Å². The van der Waals surface area contributed by atoms with E-state index in [1.165, 1.54) is 0 Å². The Morgan fingerprint density at radius 3 is 2.47 bits per heavy atom. The summed E-state index contributed by atoms with van der Waals surface area (Å²) in [4.78, 5) is 12.0. The molecule has 0 aliphatic rings. The van der Waals surface area contributed by atoms with Gasteiger partial charge in [0.15, 0.2) is 0 Å². The molecule has 0 radical (unpaired) electrons. The zero-order valence-electron chi connectivity index (χ0n) is 9.74. The highest BCUT2D eigenvalue weighted by atomic mass is 79.9. The van der Waals surface area contributed by atoms with Gasteiger partial charge in [0, 0.05) is 4.47 Å². The van der Waals surface area contributed by atoms with E-state index in [9.17, 15) is 4.79 Å². The number of halogens is 3. The maximum atomic E-state index is 12.0. The van der Waals surface area contributed by atoms with E-state index in [-0.39, 0.29) is 5.91 Å². The van der Waals surface area contributed by atoms with Gasteiger partial charge in [-0.2, -0.15) is 0 Å². The maximum Gasteiger partial charge on any atom is 0.247 e. The van der Waals surface area contributed by atoms with Crippen LogP contribution in [-0.2, 0) is 4.79 Å². The minimum Gasteiger partial charge on any atom is -0.323 e. The molecule has 2 rings (SSSR count). The van der Waals surface area contributed by atoms with E-state index >= 15 is 0 Å². The third-order valence-corrected chi connectivity index (χ3v) is 3.77. The largest absolute Gasteiger partial charge is 0.323 e. The molecule has 19 heavy (non-hydrogen) atoms. The molecule has 5 heteroatoms. The zero-order valence-corrected chi connectivity index (χ0v) is 12.8. The SMILES string of the molecule is O=C(Nc1ccc(Br)cc1Cl)C(Cl)c1ccccc1. The van der Waals surface area contributed by atoms with Crippen molar-refractivity contribution in [3.63, 3.8) is 0 Å². The van der Waals surface area contributed by atoms with Crippen LogP contribution >= 0.6 is 39.1 Å². The van der Waals surface area contributed by atoms with E-state index in [0.29, 0.717) is 10.7 Å². The van der Waals surface area contributed by atoms with Crippen molar-refractivity contribution < 1.29 is 4.79 Å². The maximum absolute atomic E-state index is 12.0. The molecule has 0 bridgehead atoms. The second-order valence-corrected chi connectivity index (χ2v) is 5.65. The van der Waals surface area contributed by atoms with Gasteiger partial charge in [-0.1, -0.05) is 57.9 Å². The molecular weight excluding hydrogens is 349 g/mol. The van der Waals surface area contributed by atoms with Gasteiger partial charge in [-0.25, -0.2) is 0 Å². The summed E-state index contributed by atoms with van der Waals surface area (Å²) in [5.74, 6) is -0.308. The van der Waals surface area contributed by atoms with E-state index in [2.05, 4.69) is 21.2 Å². The highest BCUT2D eigenvalue weighted by Gasteiger charge is 2.18. The summed E-state index contributed by atoms with van der Waals surface area (Å²) in [5.41, 5.74) is 1.28. The Morgan fingerprint density at radius 1 is 1.16 bits per heavy atom. The standard InChI is InChI=1S/C14H10BrCl2NO/c15-10-6-7-12(11(16)8-10)18-14(19)13(17)9-4-2-1-3-5-9/h1-8,13H,(H,18,19). The van der Waals surface area contributed by atoms with E-state index < -0.39 is 5.38 Å². The first-order chi connectivity index (χ1) is 9.08. The molecule has 0 heterocycles. The Labute approximate surface area is 129 Å². The van der Waals surface area contributed by atoms with Crippen LogP contribution in [0.5, 0.6) is 0 Å². The van der Waals surface area contributed by atoms with Crippen LogP contribution in [0.4, 0.5) is 5.69 Å². The summed E-state index contributed by atoms with van der Waals surface area (Å²) in [6.45, 7) is 0. The minimum atomic E-state index is -0.749. The number of nitrogens with one attached hydrogen (secondary N) is 1. The summed E-state index contributed by atoms with van der Waals surface area (Å²) in [7, 11) is 0. The van der Waals surface area contributed by atoms with E-state index in [1.54, 1.807) is 30.3 Å². The zero-order chi connectivity index (χ0) is 13.8. The molecule has 2 nitrogen and oxygen atoms in total. The third kappa shape index (κ3) is 3.72. The highest BCUT2D eigenvalue weighted by molar-refractivity contribution is 9.10. The van der Waals surface area contributed by atoms with Gasteiger partial charge in [0.05, 0.1) is 10.7 Å². The molecule has 2 aromatic rings. The number of hydrogen-bond donors (Lipinski definition) is 1. The first-order valence-electron chi connectivity index (χ1n) is 5.53. The average Bonchev–Trinajstić information content (AvgIpc) is 2.42. The van der Waals surface area contributed by atoms with E-state index in [4.69, 9.17) is 23.2 Å². The van der Waals surface area contributed by atoms with Crippen molar-refractivity contribution in [1.29, 1.82) is 0 Å². The quantitative estimate of drug-likeness (QED) is 0.766. The van der Waals surface area contributed by atoms with Crippen LogP contribution in [0.25, 0.3) is 0 Å². The van der Waals surface area contributed by atoms with Crippen molar-refractivity contribution in [2.24, 2.45) is 0 Å². The Kier molecular flexibility index (Phi) is 4.86. The third-order valence-electron chi connectivity index (χ3n) is 2.51. The van der Waals surface area contributed by atoms with Crippen molar-refractivity contribution >= 4 is 50.7 Å². The fraction of sp³-hybridized carbons (Fsp3) is 0.0714. The number of amides is 1. The Morgan fingerprint density at radius 2 is 1.84 bits per heavy atom. The van der Waals surface area contributed by atoms with E-state index in [0.717, 1.165) is 10.0 Å². The van der Waals surface area contributed by atoms with Crippen LogP contribution in [0, 0.1) is 0 Å². The van der Waals surface area contributed by atoms with Crippen molar-refractivity contribution in [3.8, 4) is 0 Å². The second kappa shape index (κ2) is 6.42. The lowest BCUT2D eigenvalue weighted by atomic mass is 10.1. The molecule has 2 aromatic carbocycles. The molecule has 1 atom stereocenters. The van der Waals surface area contributed by atoms with Crippen molar-refractivity contribution in [3.05, 3.63) is 63.6 Å². The second-order valence-electron chi connectivity index (χ2n) is 3.89. The van der Waals surface area contributed by atoms with Crippen molar-refractivity contribution in [2.45, 2.75) is 5.38 Å². The molecule has 0 aliphatic heterocycles. The lowest BCUT2D eigenvalue weighted by Crippen LogP contribution is -2.17. The molecule has 1 N–H and O–H groups in total. The first-order valence-corrected chi connectivity index (χ1v) is 7.13. The molecule has 0 saturated carbocycles. The van der Waals surface area contributed by atoms with Gasteiger partial charge >= 0.3 is 0 Å². The van der Waals surface area contributed by atoms with Gasteiger partial charge in [0.25, 0.3) is 0 Å². The molecule has 0 aromatic heterocycles. The lowest BCUT2D eigenvalue weighted by molar-refractivity contribution is -0.116. The molecule has 0 aliphatic carbocycles. The van der Waals surface area contributed by atoms with Crippen LogP contribution in [0.1, 0.15) is 10.9 Å². The summed E-state index contributed by atoms with van der Waals surface area (Å²) in [6, 6.07) is 14.4. The molecule has 1 unspecified atom stereocenters. The number of hydrogen-bond acceptors (Lipinski definition) is 1. The van der Waals surface area contributed by atoms with Crippen molar-refractivity contribution in [1.82, 2.24) is 0 Å². The van der Waals surface area contributed by atoms with E-state index in [1.807, 2.05) is 18.2 Å². The molecule has 0 fully saturated rings. The number of rotatable bonds is 3. The Balaban J connectivity index is 2.13. The van der Waals surface area contributed by atoms with Crippen LogP contribution in [-0.4, -0.2) is 5.91 Å². The molecule has 98 valence electrons. The number of benzene rings is 2. The van der Waals surface area contributed by atoms with Gasteiger partial charge in [0.1, 0.15) is 5.38 Å². The normalized spacial score (nSPS) is 11.9. The number of anilines is 1. The van der Waals surface area contributed by atoms with Crippen LogP contribution in [0.15, 0.2) is 53.0 Å². The highest BCUT2D eigenvalue weighted by Crippen LogP contribution is 2.28. The van der Waals surface area contributed by atoms with Crippen LogP contribution in [0.3, 0.4) is 0 Å². The topological polar surface area (TPSA) is 29.1 Å². The predicted octanol–water partition coefficient (Wildman–Crippen LogP) is 5.02. The summed E-state index contributed by atoms with van der Waals surface area (Å²) in [6.07, 6.45) is 0. The fourth-order valence-electron chi connectivity index (χ4n) is 1.56. The average molecular weight is 359 g/mol. The Hall–Kier alpha value is -1.03. The number of carbonyl (C=O) groups is 1. The fourth-order valence-corrected chi connectivity index (χ4v) is 2.48. The lowest BCUT2D eigenvalue weighted by Gasteiger charge is -2.12. The van der Waals surface area contributed by atoms with Crippen LogP contribution < -0.4 is 5.32 Å².